The zero-order valence-electron chi connectivity index (χ0n) is 11.1. The minimum absolute atomic E-state index is 0.0210. The van der Waals surface area contributed by atoms with Gasteiger partial charge in [0.1, 0.15) is 0 Å². The lowest BCUT2D eigenvalue weighted by atomic mass is 10.1. The summed E-state index contributed by atoms with van der Waals surface area (Å²) in [6, 6.07) is 7.67. The minimum atomic E-state index is 0.0210. The van der Waals surface area contributed by atoms with Gasteiger partial charge in [0.15, 0.2) is 0 Å². The highest BCUT2D eigenvalue weighted by atomic mass is 32.2. The molecule has 2 N–H and O–H groups in total. The zero-order chi connectivity index (χ0) is 13.5. The third-order valence-corrected chi connectivity index (χ3v) is 5.76. The van der Waals surface area contributed by atoms with Crippen molar-refractivity contribution in [1.29, 1.82) is 0 Å². The Morgan fingerprint density at radius 1 is 1.37 bits per heavy atom. The summed E-state index contributed by atoms with van der Waals surface area (Å²) < 4.78 is 0. The molecule has 2 rings (SSSR count). The standard InChI is InChI=1S/C14H20N2OS2/c1-2-15-13-6-4-3-5-12(13)14(17)16-9-11-10-18-7-8-19-11/h3-6,11,15H,2,7-10H2,1H3,(H,16,17). The molecule has 1 fully saturated rings. The minimum Gasteiger partial charge on any atom is -0.385 e. The molecule has 1 atom stereocenters. The second kappa shape index (κ2) is 7.70. The predicted molar refractivity (Wildman–Crippen MR) is 86.5 cm³/mol. The molecule has 0 saturated carbocycles. The summed E-state index contributed by atoms with van der Waals surface area (Å²) in [6.45, 7) is 3.61. The van der Waals surface area contributed by atoms with Crippen LogP contribution in [0.4, 0.5) is 5.69 Å². The fraction of sp³-hybridized carbons (Fsp3) is 0.500. The van der Waals surface area contributed by atoms with Crippen LogP contribution in [0, 0.1) is 0 Å². The maximum absolute atomic E-state index is 12.2. The van der Waals surface area contributed by atoms with Crippen LogP contribution in [0.5, 0.6) is 0 Å². The maximum Gasteiger partial charge on any atom is 0.253 e. The van der Waals surface area contributed by atoms with Crippen molar-refractivity contribution < 1.29 is 4.79 Å². The van der Waals surface area contributed by atoms with Crippen molar-refractivity contribution in [1.82, 2.24) is 5.32 Å². The van der Waals surface area contributed by atoms with Gasteiger partial charge in [0.25, 0.3) is 5.91 Å². The van der Waals surface area contributed by atoms with Crippen molar-refractivity contribution in [2.45, 2.75) is 12.2 Å². The SMILES string of the molecule is CCNc1ccccc1C(=O)NCC1CSCCS1. The Bertz CT molecular complexity index is 420. The zero-order valence-corrected chi connectivity index (χ0v) is 12.8. The lowest BCUT2D eigenvalue weighted by Gasteiger charge is -2.21. The van der Waals surface area contributed by atoms with Gasteiger partial charge in [0, 0.05) is 41.3 Å². The molecule has 1 aromatic rings. The number of para-hydroxylation sites is 1. The molecule has 19 heavy (non-hydrogen) atoms. The Labute approximate surface area is 123 Å². The summed E-state index contributed by atoms with van der Waals surface area (Å²) >= 11 is 3.94. The van der Waals surface area contributed by atoms with E-state index >= 15 is 0 Å². The van der Waals surface area contributed by atoms with Gasteiger partial charge in [0.2, 0.25) is 0 Å². The molecule has 104 valence electrons. The van der Waals surface area contributed by atoms with Gasteiger partial charge in [-0.2, -0.15) is 23.5 Å². The molecular weight excluding hydrogens is 276 g/mol. The van der Waals surface area contributed by atoms with Crippen molar-refractivity contribution >= 4 is 35.1 Å². The Hall–Kier alpha value is -0.810. The molecule has 0 aliphatic carbocycles. The maximum atomic E-state index is 12.2. The molecule has 1 saturated heterocycles. The molecule has 1 amide bonds. The Kier molecular flexibility index (Phi) is 5.92. The van der Waals surface area contributed by atoms with E-state index in [0.29, 0.717) is 5.25 Å². The van der Waals surface area contributed by atoms with Gasteiger partial charge in [-0.05, 0) is 19.1 Å². The van der Waals surface area contributed by atoms with Crippen molar-refractivity contribution in [3.63, 3.8) is 0 Å². The van der Waals surface area contributed by atoms with E-state index in [9.17, 15) is 4.79 Å². The molecule has 1 aliphatic heterocycles. The summed E-state index contributed by atoms with van der Waals surface area (Å²) in [4.78, 5) is 12.2. The summed E-state index contributed by atoms with van der Waals surface area (Å²) in [5, 5.41) is 6.83. The van der Waals surface area contributed by atoms with E-state index < -0.39 is 0 Å². The number of rotatable bonds is 5. The Balaban J connectivity index is 1.91. The lowest BCUT2D eigenvalue weighted by Crippen LogP contribution is -2.33. The highest BCUT2D eigenvalue weighted by Gasteiger charge is 2.16. The summed E-state index contributed by atoms with van der Waals surface area (Å²) in [5.41, 5.74) is 1.64. The number of carbonyl (C=O) groups is 1. The monoisotopic (exact) mass is 296 g/mol. The number of nitrogens with one attached hydrogen (secondary N) is 2. The van der Waals surface area contributed by atoms with Crippen LogP contribution in [-0.4, -0.2) is 41.5 Å². The molecule has 0 radical (unpaired) electrons. The predicted octanol–water partition coefficient (Wildman–Crippen LogP) is 2.70. The molecular formula is C14H20N2OS2. The van der Waals surface area contributed by atoms with Gasteiger partial charge < -0.3 is 10.6 Å². The van der Waals surface area contributed by atoms with E-state index in [-0.39, 0.29) is 5.91 Å². The van der Waals surface area contributed by atoms with Crippen LogP contribution in [0.3, 0.4) is 0 Å². The number of benzene rings is 1. The van der Waals surface area contributed by atoms with E-state index in [0.717, 1.165) is 30.1 Å². The fourth-order valence-corrected chi connectivity index (χ4v) is 4.59. The number of carbonyl (C=O) groups excluding carboxylic acids is 1. The number of thioether (sulfide) groups is 2. The first kappa shape index (κ1) is 14.6. The van der Waals surface area contributed by atoms with Gasteiger partial charge in [0.05, 0.1) is 5.56 Å². The largest absolute Gasteiger partial charge is 0.385 e. The van der Waals surface area contributed by atoms with E-state index in [1.807, 2.05) is 54.7 Å². The normalized spacial score (nSPS) is 18.9. The molecule has 1 aromatic carbocycles. The van der Waals surface area contributed by atoms with E-state index in [1.165, 1.54) is 11.5 Å². The van der Waals surface area contributed by atoms with Crippen molar-refractivity contribution in [2.24, 2.45) is 0 Å². The van der Waals surface area contributed by atoms with Gasteiger partial charge in [-0.15, -0.1) is 0 Å². The second-order valence-corrected chi connectivity index (χ2v) is 6.91. The first-order valence-electron chi connectivity index (χ1n) is 6.61. The molecule has 5 heteroatoms. The van der Waals surface area contributed by atoms with Crippen molar-refractivity contribution in [3.05, 3.63) is 29.8 Å². The number of anilines is 1. The molecule has 1 unspecified atom stereocenters. The van der Waals surface area contributed by atoms with Crippen LogP contribution in [0.1, 0.15) is 17.3 Å². The molecule has 1 aliphatic rings. The lowest BCUT2D eigenvalue weighted by molar-refractivity contribution is 0.0955. The van der Waals surface area contributed by atoms with Crippen molar-refractivity contribution in [3.8, 4) is 0 Å². The third-order valence-electron chi connectivity index (χ3n) is 2.91. The quantitative estimate of drug-likeness (QED) is 0.876. The fourth-order valence-electron chi connectivity index (χ4n) is 1.98. The topological polar surface area (TPSA) is 41.1 Å². The highest BCUT2D eigenvalue weighted by molar-refractivity contribution is 8.06. The number of amides is 1. The summed E-state index contributed by atoms with van der Waals surface area (Å²) in [6.07, 6.45) is 0. The molecule has 0 spiro atoms. The number of hydrogen-bond donors (Lipinski definition) is 2. The van der Waals surface area contributed by atoms with Gasteiger partial charge >= 0.3 is 0 Å². The van der Waals surface area contributed by atoms with Gasteiger partial charge in [-0.3, -0.25) is 4.79 Å². The molecule has 1 heterocycles. The van der Waals surface area contributed by atoms with Gasteiger partial charge in [-0.1, -0.05) is 12.1 Å². The third kappa shape index (κ3) is 4.35. The summed E-state index contributed by atoms with van der Waals surface area (Å²) in [5.74, 6) is 3.59. The van der Waals surface area contributed by atoms with E-state index in [2.05, 4.69) is 10.6 Å². The average Bonchev–Trinajstić information content (AvgIpc) is 2.47. The average molecular weight is 296 g/mol. The number of hydrogen-bond acceptors (Lipinski definition) is 4. The Morgan fingerprint density at radius 3 is 2.95 bits per heavy atom. The van der Waals surface area contributed by atoms with E-state index in [1.54, 1.807) is 0 Å². The molecule has 0 bridgehead atoms. The summed E-state index contributed by atoms with van der Waals surface area (Å²) in [7, 11) is 0. The van der Waals surface area contributed by atoms with Crippen LogP contribution in [0.2, 0.25) is 0 Å². The van der Waals surface area contributed by atoms with Gasteiger partial charge in [-0.25, -0.2) is 0 Å². The van der Waals surface area contributed by atoms with Crippen LogP contribution < -0.4 is 10.6 Å². The Morgan fingerprint density at radius 2 is 2.21 bits per heavy atom. The van der Waals surface area contributed by atoms with Crippen LogP contribution in [-0.2, 0) is 0 Å². The van der Waals surface area contributed by atoms with E-state index in [4.69, 9.17) is 0 Å². The first-order chi connectivity index (χ1) is 9.31. The van der Waals surface area contributed by atoms with Crippen LogP contribution >= 0.6 is 23.5 Å². The smallest absolute Gasteiger partial charge is 0.253 e. The highest BCUT2D eigenvalue weighted by Crippen LogP contribution is 2.23. The van der Waals surface area contributed by atoms with Crippen LogP contribution in [0.25, 0.3) is 0 Å². The van der Waals surface area contributed by atoms with Crippen LogP contribution in [0.15, 0.2) is 24.3 Å². The molecule has 0 aromatic heterocycles. The molecule has 3 nitrogen and oxygen atoms in total. The second-order valence-electron chi connectivity index (χ2n) is 4.35. The van der Waals surface area contributed by atoms with Crippen molar-refractivity contribution in [2.75, 3.05) is 35.7 Å². The first-order valence-corrected chi connectivity index (χ1v) is 8.82.